The number of fused-ring (bicyclic) bond motifs is 4. The molecule has 1 atom stereocenters. The van der Waals surface area contributed by atoms with Crippen LogP contribution in [0.3, 0.4) is 0 Å². The molecule has 3 aliphatic rings. The summed E-state index contributed by atoms with van der Waals surface area (Å²) in [4.78, 5) is 21.5. The minimum Gasteiger partial charge on any atom is -0.497 e. The maximum atomic E-state index is 12.8. The van der Waals surface area contributed by atoms with Gasteiger partial charge < -0.3 is 19.3 Å². The van der Waals surface area contributed by atoms with E-state index < -0.39 is 0 Å². The van der Waals surface area contributed by atoms with Gasteiger partial charge in [-0.2, -0.15) is 0 Å². The number of carbonyl (C=O) groups excluding carboxylic acids is 1. The van der Waals surface area contributed by atoms with Crippen LogP contribution in [0.4, 0.5) is 0 Å². The second-order valence-electron chi connectivity index (χ2n) is 10.5. The molecule has 1 spiro atoms. The maximum absolute atomic E-state index is 12.8. The molecule has 2 fully saturated rings. The quantitative estimate of drug-likeness (QED) is 0.614. The third-order valence-corrected chi connectivity index (χ3v) is 8.51. The second-order valence-corrected chi connectivity index (χ2v) is 10.5. The Morgan fingerprint density at radius 3 is 2.57 bits per heavy atom. The minimum atomic E-state index is -0.0988. The Morgan fingerprint density at radius 2 is 1.91 bits per heavy atom. The molecule has 2 aromatic heterocycles. The third-order valence-electron chi connectivity index (χ3n) is 8.51. The van der Waals surface area contributed by atoms with Gasteiger partial charge in [0.15, 0.2) is 0 Å². The number of amides is 1. The largest absolute Gasteiger partial charge is 0.497 e. The van der Waals surface area contributed by atoms with Gasteiger partial charge in [-0.3, -0.25) is 14.7 Å². The molecule has 1 aromatic carbocycles. The predicted molar refractivity (Wildman–Crippen MR) is 134 cm³/mol. The van der Waals surface area contributed by atoms with Crippen LogP contribution in [0.25, 0.3) is 10.9 Å². The number of aromatic nitrogens is 2. The van der Waals surface area contributed by atoms with Gasteiger partial charge in [0.2, 0.25) is 5.91 Å². The SMILES string of the molecule is COc1ccc2c3c(n(C)c2c1)[C@H](CO)N(Cc1ccncc1)CC31CCN(C(=O)C2CC2)CC1. The highest BCUT2D eigenvalue weighted by Crippen LogP contribution is 2.50. The Hall–Kier alpha value is -2.90. The number of pyridine rings is 1. The van der Waals surface area contributed by atoms with Gasteiger partial charge in [-0.05, 0) is 61.1 Å². The van der Waals surface area contributed by atoms with E-state index >= 15 is 0 Å². The summed E-state index contributed by atoms with van der Waals surface area (Å²) in [5.74, 6) is 1.45. The van der Waals surface area contributed by atoms with Crippen molar-refractivity contribution in [3.8, 4) is 5.75 Å². The lowest BCUT2D eigenvalue weighted by Gasteiger charge is -2.50. The molecule has 35 heavy (non-hydrogen) atoms. The van der Waals surface area contributed by atoms with E-state index in [1.807, 2.05) is 18.5 Å². The Balaban J connectivity index is 1.45. The number of ether oxygens (including phenoxy) is 1. The Bertz CT molecular complexity index is 1240. The molecular weight excluding hydrogens is 440 g/mol. The smallest absolute Gasteiger partial charge is 0.225 e. The topological polar surface area (TPSA) is 70.8 Å². The van der Waals surface area contributed by atoms with E-state index in [-0.39, 0.29) is 24.0 Å². The fraction of sp³-hybridized carbons (Fsp3) is 0.500. The Morgan fingerprint density at radius 1 is 1.17 bits per heavy atom. The first-order valence-electron chi connectivity index (χ1n) is 12.7. The lowest BCUT2D eigenvalue weighted by atomic mass is 9.68. The first kappa shape index (κ1) is 22.6. The molecule has 4 heterocycles. The average Bonchev–Trinajstić information content (AvgIpc) is 3.70. The zero-order chi connectivity index (χ0) is 24.2. The van der Waals surface area contributed by atoms with Crippen LogP contribution in [0.5, 0.6) is 5.75 Å². The van der Waals surface area contributed by atoms with E-state index in [1.165, 1.54) is 22.2 Å². The van der Waals surface area contributed by atoms with Crippen LogP contribution in [0, 0.1) is 5.92 Å². The van der Waals surface area contributed by atoms with Gasteiger partial charge in [0.05, 0.1) is 25.3 Å². The van der Waals surface area contributed by atoms with Crippen molar-refractivity contribution in [2.75, 3.05) is 33.4 Å². The van der Waals surface area contributed by atoms with Gasteiger partial charge in [-0.1, -0.05) is 0 Å². The fourth-order valence-corrected chi connectivity index (χ4v) is 6.50. The number of aliphatic hydroxyl groups excluding tert-OH is 1. The highest BCUT2D eigenvalue weighted by atomic mass is 16.5. The van der Waals surface area contributed by atoms with Gasteiger partial charge in [0.1, 0.15) is 5.75 Å². The molecule has 7 heteroatoms. The normalized spacial score (nSPS) is 21.9. The zero-order valence-electron chi connectivity index (χ0n) is 20.6. The minimum absolute atomic E-state index is 0.0573. The third kappa shape index (κ3) is 3.72. The summed E-state index contributed by atoms with van der Waals surface area (Å²) in [6, 6.07) is 10.3. The molecule has 7 nitrogen and oxygen atoms in total. The molecule has 2 aliphatic heterocycles. The van der Waals surface area contributed by atoms with Crippen molar-refractivity contribution in [1.29, 1.82) is 0 Å². The molecule has 1 amide bonds. The summed E-state index contributed by atoms with van der Waals surface area (Å²) in [6.45, 7) is 3.28. The number of benzene rings is 1. The van der Waals surface area contributed by atoms with E-state index in [4.69, 9.17) is 4.74 Å². The summed E-state index contributed by atoms with van der Waals surface area (Å²) in [5.41, 5.74) is 4.81. The summed E-state index contributed by atoms with van der Waals surface area (Å²) in [7, 11) is 3.81. The number of rotatable bonds is 5. The standard InChI is InChI=1S/C28H34N4O3/c1-30-23-15-21(35-2)5-6-22(23)25-26(30)24(17-33)32(16-19-7-11-29-12-8-19)18-28(25)9-13-31(14-10-28)27(34)20-3-4-20/h5-8,11-12,15,20,24,33H,3-4,9-10,13-14,16-18H2,1-2H3/t24-/m0/s1. The molecule has 0 unspecified atom stereocenters. The number of hydrogen-bond acceptors (Lipinski definition) is 5. The molecule has 1 aliphatic carbocycles. The fourth-order valence-electron chi connectivity index (χ4n) is 6.50. The van der Waals surface area contributed by atoms with Crippen LogP contribution >= 0.6 is 0 Å². The number of aryl methyl sites for hydroxylation is 1. The lowest BCUT2D eigenvalue weighted by molar-refractivity contribution is -0.134. The summed E-state index contributed by atoms with van der Waals surface area (Å²) >= 11 is 0. The van der Waals surface area contributed by atoms with E-state index in [0.29, 0.717) is 5.91 Å². The van der Waals surface area contributed by atoms with Gasteiger partial charge in [-0.15, -0.1) is 0 Å². The van der Waals surface area contributed by atoms with Crippen molar-refractivity contribution >= 4 is 16.8 Å². The number of carbonyl (C=O) groups is 1. The van der Waals surface area contributed by atoms with Gasteiger partial charge in [0, 0.05) is 74.1 Å². The molecule has 6 rings (SSSR count). The predicted octanol–water partition coefficient (Wildman–Crippen LogP) is 3.40. The molecule has 184 valence electrons. The van der Waals surface area contributed by atoms with E-state index in [2.05, 4.69) is 50.7 Å². The molecule has 0 bridgehead atoms. The number of piperidine rings is 1. The van der Waals surface area contributed by atoms with E-state index in [0.717, 1.165) is 63.1 Å². The first-order valence-corrected chi connectivity index (χ1v) is 12.7. The molecule has 3 aromatic rings. The van der Waals surface area contributed by atoms with Crippen LogP contribution in [0.15, 0.2) is 42.7 Å². The van der Waals surface area contributed by atoms with Crippen molar-refractivity contribution in [2.24, 2.45) is 13.0 Å². The molecule has 1 N–H and O–H groups in total. The monoisotopic (exact) mass is 474 g/mol. The number of nitrogens with zero attached hydrogens (tertiary/aromatic N) is 4. The van der Waals surface area contributed by atoms with Gasteiger partial charge >= 0.3 is 0 Å². The van der Waals surface area contributed by atoms with Crippen LogP contribution in [0.1, 0.15) is 48.5 Å². The van der Waals surface area contributed by atoms with Crippen LogP contribution < -0.4 is 4.74 Å². The molecule has 1 saturated carbocycles. The average molecular weight is 475 g/mol. The van der Waals surface area contributed by atoms with Crippen LogP contribution in [-0.2, 0) is 23.8 Å². The number of hydrogen-bond donors (Lipinski definition) is 1. The molecule has 0 radical (unpaired) electrons. The number of methoxy groups -OCH3 is 1. The number of likely N-dealkylation sites (tertiary alicyclic amines) is 1. The van der Waals surface area contributed by atoms with E-state index in [1.54, 1.807) is 7.11 Å². The highest BCUT2D eigenvalue weighted by Gasteiger charge is 2.49. The lowest BCUT2D eigenvalue weighted by Crippen LogP contribution is -2.54. The van der Waals surface area contributed by atoms with Crippen molar-refractivity contribution < 1.29 is 14.6 Å². The van der Waals surface area contributed by atoms with Crippen molar-refractivity contribution in [2.45, 2.75) is 43.7 Å². The highest BCUT2D eigenvalue weighted by molar-refractivity contribution is 5.89. The maximum Gasteiger partial charge on any atom is 0.225 e. The Kier molecular flexibility index (Phi) is 5.57. The first-order chi connectivity index (χ1) is 17.0. The van der Waals surface area contributed by atoms with Crippen molar-refractivity contribution in [1.82, 2.24) is 19.4 Å². The van der Waals surface area contributed by atoms with Crippen molar-refractivity contribution in [3.05, 3.63) is 59.5 Å². The van der Waals surface area contributed by atoms with Crippen LogP contribution in [0.2, 0.25) is 0 Å². The van der Waals surface area contributed by atoms with Crippen LogP contribution in [-0.4, -0.2) is 63.7 Å². The zero-order valence-corrected chi connectivity index (χ0v) is 20.6. The van der Waals surface area contributed by atoms with E-state index in [9.17, 15) is 9.90 Å². The summed E-state index contributed by atoms with van der Waals surface area (Å²) in [6.07, 6.45) is 7.64. The summed E-state index contributed by atoms with van der Waals surface area (Å²) in [5, 5.41) is 11.9. The summed E-state index contributed by atoms with van der Waals surface area (Å²) < 4.78 is 7.81. The number of aliphatic hydroxyl groups is 1. The second kappa shape index (κ2) is 8.64. The molecule has 1 saturated heterocycles. The van der Waals surface area contributed by atoms with Gasteiger partial charge in [0.25, 0.3) is 0 Å². The van der Waals surface area contributed by atoms with Crippen molar-refractivity contribution in [3.63, 3.8) is 0 Å². The van der Waals surface area contributed by atoms with Gasteiger partial charge in [-0.25, -0.2) is 0 Å². The molecular formula is C28H34N4O3. The Labute approximate surface area is 206 Å².